The van der Waals surface area contributed by atoms with Crippen LogP contribution in [0.15, 0.2) is 81.1 Å². The molecule has 38 heavy (non-hydrogen) atoms. The van der Waals surface area contributed by atoms with Gasteiger partial charge in [0.25, 0.3) is 0 Å². The molecule has 0 amide bonds. The van der Waals surface area contributed by atoms with Crippen LogP contribution in [0, 0.1) is 0 Å². The van der Waals surface area contributed by atoms with Gasteiger partial charge in [0, 0.05) is 17.3 Å². The van der Waals surface area contributed by atoms with Crippen LogP contribution in [-0.2, 0) is 9.84 Å². The second-order valence-corrected chi connectivity index (χ2v) is 10.3. The van der Waals surface area contributed by atoms with Gasteiger partial charge < -0.3 is 28.7 Å². The van der Waals surface area contributed by atoms with Gasteiger partial charge in [-0.3, -0.25) is 0 Å². The summed E-state index contributed by atoms with van der Waals surface area (Å²) in [6.45, 7) is 5.82. The molecule has 0 spiro atoms. The third-order valence-corrected chi connectivity index (χ3v) is 7.33. The number of hydrogen-bond donors (Lipinski definition) is 1. The Bertz CT molecular complexity index is 1500. The standard InChI is InChI=1S/C28H28N2O7S/c1-3-15-34-22-9-5-19(6-10-22)26-30-28(27(37-26)29-20-7-11-21(12-8-20)33-4-2)38(31,32)23-13-14-24-25(18-23)36-17-16-35-24/h5-14,18,29H,3-4,15-17H2,1-2H3. The van der Waals surface area contributed by atoms with Crippen LogP contribution < -0.4 is 24.3 Å². The van der Waals surface area contributed by atoms with Crippen molar-refractivity contribution in [2.75, 3.05) is 31.7 Å². The minimum Gasteiger partial charge on any atom is -0.494 e. The van der Waals surface area contributed by atoms with Gasteiger partial charge in [0.2, 0.25) is 26.6 Å². The second kappa shape index (κ2) is 11.1. The van der Waals surface area contributed by atoms with Gasteiger partial charge in [-0.25, -0.2) is 8.42 Å². The van der Waals surface area contributed by atoms with Gasteiger partial charge in [0.15, 0.2) is 11.5 Å². The highest BCUT2D eigenvalue weighted by Gasteiger charge is 2.30. The van der Waals surface area contributed by atoms with E-state index in [0.29, 0.717) is 60.7 Å². The lowest BCUT2D eigenvalue weighted by Crippen LogP contribution is -2.16. The first-order valence-corrected chi connectivity index (χ1v) is 13.8. The number of rotatable bonds is 10. The predicted octanol–water partition coefficient (Wildman–Crippen LogP) is 5.88. The maximum absolute atomic E-state index is 13.8. The zero-order valence-electron chi connectivity index (χ0n) is 21.1. The Balaban J connectivity index is 1.53. The van der Waals surface area contributed by atoms with Crippen molar-refractivity contribution in [1.29, 1.82) is 0 Å². The van der Waals surface area contributed by atoms with Gasteiger partial charge in [-0.2, -0.15) is 4.98 Å². The summed E-state index contributed by atoms with van der Waals surface area (Å²) in [7, 11) is -4.10. The Morgan fingerprint density at radius 3 is 2.26 bits per heavy atom. The first kappa shape index (κ1) is 25.5. The monoisotopic (exact) mass is 536 g/mol. The normalized spacial score (nSPS) is 12.7. The van der Waals surface area contributed by atoms with Crippen LogP contribution in [-0.4, -0.2) is 39.8 Å². The Kier molecular flexibility index (Phi) is 7.41. The summed E-state index contributed by atoms with van der Waals surface area (Å²) >= 11 is 0. The Morgan fingerprint density at radius 2 is 1.55 bits per heavy atom. The Labute approximate surface area is 221 Å². The molecule has 1 N–H and O–H groups in total. The summed E-state index contributed by atoms with van der Waals surface area (Å²) in [5.74, 6) is 2.41. The first-order chi connectivity index (χ1) is 18.5. The number of aromatic nitrogens is 1. The number of hydrogen-bond acceptors (Lipinski definition) is 9. The van der Waals surface area contributed by atoms with Crippen molar-refractivity contribution in [3.8, 4) is 34.5 Å². The number of anilines is 2. The molecule has 1 aliphatic heterocycles. The van der Waals surface area contributed by atoms with E-state index in [0.717, 1.165) is 6.42 Å². The molecular weight excluding hydrogens is 508 g/mol. The predicted molar refractivity (Wildman–Crippen MR) is 142 cm³/mol. The molecule has 0 atom stereocenters. The average molecular weight is 537 g/mol. The van der Waals surface area contributed by atoms with Gasteiger partial charge in [-0.15, -0.1) is 0 Å². The molecule has 4 aromatic rings. The summed E-state index contributed by atoms with van der Waals surface area (Å²) in [5.41, 5.74) is 1.21. The number of ether oxygens (including phenoxy) is 4. The van der Waals surface area contributed by atoms with Gasteiger partial charge in [0.05, 0.1) is 18.1 Å². The van der Waals surface area contributed by atoms with Crippen LogP contribution in [0.1, 0.15) is 20.3 Å². The van der Waals surface area contributed by atoms with Crippen molar-refractivity contribution >= 4 is 21.4 Å². The zero-order chi connectivity index (χ0) is 26.5. The van der Waals surface area contributed by atoms with Crippen LogP contribution >= 0.6 is 0 Å². The molecule has 0 aliphatic carbocycles. The quantitative estimate of drug-likeness (QED) is 0.266. The van der Waals surface area contributed by atoms with Crippen LogP contribution in [0.2, 0.25) is 0 Å². The van der Waals surface area contributed by atoms with Crippen LogP contribution in [0.4, 0.5) is 11.6 Å². The van der Waals surface area contributed by atoms with E-state index in [1.165, 1.54) is 12.1 Å². The number of sulfone groups is 1. The largest absolute Gasteiger partial charge is 0.494 e. The molecule has 0 saturated carbocycles. The molecule has 0 saturated heterocycles. The molecule has 0 fully saturated rings. The lowest BCUT2D eigenvalue weighted by molar-refractivity contribution is 0.171. The zero-order valence-corrected chi connectivity index (χ0v) is 21.9. The van der Waals surface area contributed by atoms with Gasteiger partial charge >= 0.3 is 0 Å². The highest BCUT2D eigenvalue weighted by Crippen LogP contribution is 2.38. The maximum Gasteiger partial charge on any atom is 0.238 e. The minimum absolute atomic E-state index is 0.00893. The molecule has 2 heterocycles. The second-order valence-electron chi connectivity index (χ2n) is 8.42. The highest BCUT2D eigenvalue weighted by molar-refractivity contribution is 7.91. The van der Waals surface area contributed by atoms with Crippen molar-refractivity contribution < 1.29 is 31.8 Å². The number of oxazole rings is 1. The van der Waals surface area contributed by atoms with E-state index < -0.39 is 9.84 Å². The summed E-state index contributed by atoms with van der Waals surface area (Å²) in [4.78, 5) is 4.43. The number of nitrogens with one attached hydrogen (secondary N) is 1. The van der Waals surface area contributed by atoms with Crippen molar-refractivity contribution in [3.05, 3.63) is 66.7 Å². The summed E-state index contributed by atoms with van der Waals surface area (Å²) in [5, 5.41) is 2.82. The molecule has 10 heteroatoms. The smallest absolute Gasteiger partial charge is 0.238 e. The van der Waals surface area contributed by atoms with Crippen molar-refractivity contribution in [1.82, 2.24) is 4.98 Å². The van der Waals surface area contributed by atoms with E-state index in [1.54, 1.807) is 54.6 Å². The molecule has 5 rings (SSSR count). The Morgan fingerprint density at radius 1 is 0.868 bits per heavy atom. The van der Waals surface area contributed by atoms with E-state index >= 15 is 0 Å². The molecule has 0 radical (unpaired) electrons. The number of nitrogens with zero attached hydrogens (tertiary/aromatic N) is 1. The fraction of sp³-hybridized carbons (Fsp3) is 0.250. The summed E-state index contributed by atoms with van der Waals surface area (Å²) in [6.07, 6.45) is 0.892. The fourth-order valence-electron chi connectivity index (χ4n) is 3.84. The number of fused-ring (bicyclic) bond motifs is 1. The van der Waals surface area contributed by atoms with Gasteiger partial charge in [-0.05, 0) is 74.0 Å². The molecule has 1 aromatic heterocycles. The fourth-order valence-corrected chi connectivity index (χ4v) is 5.11. The molecule has 3 aromatic carbocycles. The maximum atomic E-state index is 13.8. The minimum atomic E-state index is -4.10. The highest BCUT2D eigenvalue weighted by atomic mass is 32.2. The van der Waals surface area contributed by atoms with E-state index in [4.69, 9.17) is 23.4 Å². The SMILES string of the molecule is CCCOc1ccc(-c2nc(S(=O)(=O)c3ccc4c(c3)OCCO4)c(Nc3ccc(OCC)cc3)o2)cc1. The first-order valence-electron chi connectivity index (χ1n) is 12.4. The molecule has 9 nitrogen and oxygen atoms in total. The molecule has 198 valence electrons. The summed E-state index contributed by atoms with van der Waals surface area (Å²) < 4.78 is 55.8. The van der Waals surface area contributed by atoms with Crippen molar-refractivity contribution in [2.24, 2.45) is 0 Å². The van der Waals surface area contributed by atoms with E-state index in [1.807, 2.05) is 13.8 Å². The van der Waals surface area contributed by atoms with Gasteiger partial charge in [-0.1, -0.05) is 6.92 Å². The topological polar surface area (TPSA) is 109 Å². The van der Waals surface area contributed by atoms with Crippen LogP contribution in [0.3, 0.4) is 0 Å². The van der Waals surface area contributed by atoms with Crippen LogP contribution in [0.5, 0.6) is 23.0 Å². The van der Waals surface area contributed by atoms with Crippen molar-refractivity contribution in [3.63, 3.8) is 0 Å². The third kappa shape index (κ3) is 5.40. The lowest BCUT2D eigenvalue weighted by atomic mass is 10.2. The van der Waals surface area contributed by atoms with Crippen molar-refractivity contribution in [2.45, 2.75) is 30.2 Å². The summed E-state index contributed by atoms with van der Waals surface area (Å²) in [6, 6.07) is 18.7. The molecular formula is C28H28N2O7S. The molecule has 0 unspecified atom stereocenters. The Hall–Kier alpha value is -4.18. The van der Waals surface area contributed by atoms with Gasteiger partial charge in [0.1, 0.15) is 24.7 Å². The molecule has 1 aliphatic rings. The lowest BCUT2D eigenvalue weighted by Gasteiger charge is -2.18. The average Bonchev–Trinajstić information content (AvgIpc) is 3.37. The van der Waals surface area contributed by atoms with E-state index in [-0.39, 0.29) is 21.7 Å². The number of benzene rings is 3. The van der Waals surface area contributed by atoms with Crippen LogP contribution in [0.25, 0.3) is 11.5 Å². The molecule has 0 bridgehead atoms. The third-order valence-electron chi connectivity index (χ3n) is 5.67. The van der Waals surface area contributed by atoms with E-state index in [2.05, 4.69) is 10.3 Å². The van der Waals surface area contributed by atoms with E-state index in [9.17, 15) is 8.42 Å².